The number of hydrogen-bond acceptors (Lipinski definition) is 2. The summed E-state index contributed by atoms with van der Waals surface area (Å²) in [5.41, 5.74) is 14.7. The lowest BCUT2D eigenvalue weighted by molar-refractivity contribution is 0.434. The van der Waals surface area contributed by atoms with Crippen LogP contribution in [0.3, 0.4) is 0 Å². The maximum absolute atomic E-state index is 6.70. The molecule has 0 amide bonds. The first-order valence-electron chi connectivity index (χ1n) is 17.1. The fourth-order valence-electron chi connectivity index (χ4n) is 9.44. The third-order valence-corrected chi connectivity index (χ3v) is 11.6. The summed E-state index contributed by atoms with van der Waals surface area (Å²) in [7, 11) is 0. The normalized spacial score (nSPS) is 17.2. The monoisotopic (exact) mass is 625 g/mol. The molecule has 1 aliphatic heterocycles. The van der Waals surface area contributed by atoms with Crippen molar-refractivity contribution in [2.45, 2.75) is 24.7 Å². The van der Waals surface area contributed by atoms with Crippen LogP contribution in [0.5, 0.6) is 11.5 Å². The topological polar surface area (TPSA) is 22.1 Å². The Morgan fingerprint density at radius 2 is 1.10 bits per heavy atom. The van der Waals surface area contributed by atoms with Gasteiger partial charge in [0.15, 0.2) is 5.75 Å². The minimum atomic E-state index is -0.553. The standard InChI is InChI=1S/C47H31NO/c1-46(2)38-20-16-28-9-3-5-11-32(28)44(38)35-19-15-30(25-40(35)46)31-18-22-42-41(26-31)47(37-23-24-48-27-43(37)49-42)36-14-8-7-13-34(36)45-33-12-6-4-10-29(33)17-21-39(45)47/h3-27H,1-2H3. The minimum absolute atomic E-state index is 0.112. The van der Waals surface area contributed by atoms with Crippen LogP contribution in [0.2, 0.25) is 0 Å². The summed E-state index contributed by atoms with van der Waals surface area (Å²) in [6.07, 6.45) is 3.78. The molecule has 0 saturated heterocycles. The Balaban J connectivity index is 1.17. The Morgan fingerprint density at radius 1 is 0.469 bits per heavy atom. The van der Waals surface area contributed by atoms with E-state index in [-0.39, 0.29) is 5.41 Å². The molecule has 0 N–H and O–H groups in total. The van der Waals surface area contributed by atoms with Gasteiger partial charge in [0.05, 0.1) is 11.6 Å². The molecule has 49 heavy (non-hydrogen) atoms. The number of pyridine rings is 1. The van der Waals surface area contributed by atoms with Crippen LogP contribution in [0.4, 0.5) is 0 Å². The number of hydrogen-bond donors (Lipinski definition) is 0. The summed E-state index contributed by atoms with van der Waals surface area (Å²) in [6.45, 7) is 4.74. The van der Waals surface area contributed by atoms with Crippen LogP contribution < -0.4 is 4.74 Å². The summed E-state index contributed by atoms with van der Waals surface area (Å²) >= 11 is 0. The maximum Gasteiger partial charge on any atom is 0.150 e. The zero-order valence-corrected chi connectivity index (χ0v) is 27.3. The predicted octanol–water partition coefficient (Wildman–Crippen LogP) is 11.8. The Kier molecular flexibility index (Phi) is 5.14. The van der Waals surface area contributed by atoms with E-state index in [0.717, 1.165) is 17.1 Å². The van der Waals surface area contributed by atoms with Crippen LogP contribution in [0.25, 0.3) is 54.9 Å². The lowest BCUT2D eigenvalue weighted by Gasteiger charge is -2.39. The van der Waals surface area contributed by atoms with Gasteiger partial charge in [-0.3, -0.25) is 4.98 Å². The van der Waals surface area contributed by atoms with Crippen molar-refractivity contribution in [3.63, 3.8) is 0 Å². The molecule has 3 aliphatic rings. The lowest BCUT2D eigenvalue weighted by Crippen LogP contribution is -2.32. The molecule has 8 aromatic rings. The average Bonchev–Trinajstić information content (AvgIpc) is 3.58. The van der Waals surface area contributed by atoms with Crippen LogP contribution >= 0.6 is 0 Å². The molecular weight excluding hydrogens is 595 g/mol. The molecule has 7 aromatic carbocycles. The molecule has 2 nitrogen and oxygen atoms in total. The first-order chi connectivity index (χ1) is 24.0. The predicted molar refractivity (Wildman–Crippen MR) is 200 cm³/mol. The second-order valence-electron chi connectivity index (χ2n) is 14.3. The van der Waals surface area contributed by atoms with Gasteiger partial charge in [0.2, 0.25) is 0 Å². The van der Waals surface area contributed by atoms with E-state index in [0.29, 0.717) is 0 Å². The number of ether oxygens (including phenoxy) is 1. The fraction of sp³-hybridized carbons (Fsp3) is 0.0851. The highest BCUT2D eigenvalue weighted by Gasteiger charge is 2.51. The van der Waals surface area contributed by atoms with Crippen LogP contribution in [0.1, 0.15) is 47.2 Å². The van der Waals surface area contributed by atoms with E-state index < -0.39 is 5.41 Å². The van der Waals surface area contributed by atoms with Gasteiger partial charge in [-0.15, -0.1) is 0 Å². The van der Waals surface area contributed by atoms with Crippen molar-refractivity contribution in [3.8, 4) is 44.9 Å². The van der Waals surface area contributed by atoms with Gasteiger partial charge in [0.1, 0.15) is 5.75 Å². The van der Waals surface area contributed by atoms with E-state index in [2.05, 4.69) is 158 Å². The molecule has 0 bridgehead atoms. The molecule has 0 saturated carbocycles. The molecule has 1 aromatic heterocycles. The van der Waals surface area contributed by atoms with Crippen LogP contribution in [0.15, 0.2) is 152 Å². The number of aromatic nitrogens is 1. The quantitative estimate of drug-likeness (QED) is 0.181. The molecule has 2 heteroatoms. The molecule has 1 atom stereocenters. The second-order valence-corrected chi connectivity index (χ2v) is 14.3. The van der Waals surface area contributed by atoms with Crippen molar-refractivity contribution < 1.29 is 4.74 Å². The number of nitrogens with zero attached hydrogens (tertiary/aromatic N) is 1. The third-order valence-electron chi connectivity index (χ3n) is 11.6. The molecule has 0 radical (unpaired) electrons. The van der Waals surface area contributed by atoms with E-state index >= 15 is 0 Å². The Labute approximate surface area is 285 Å². The third kappa shape index (κ3) is 3.33. The van der Waals surface area contributed by atoms with Crippen molar-refractivity contribution in [1.82, 2.24) is 4.98 Å². The SMILES string of the molecule is CC1(C)c2cc(-c3ccc4c(c3)C3(c5ccncc5O4)c4ccccc4-c4c3ccc3ccccc43)ccc2-c2c1ccc1ccccc21. The molecule has 1 spiro atoms. The van der Waals surface area contributed by atoms with Crippen LogP contribution in [0, 0.1) is 0 Å². The van der Waals surface area contributed by atoms with Gasteiger partial charge < -0.3 is 4.74 Å². The van der Waals surface area contributed by atoms with E-state index in [4.69, 9.17) is 4.74 Å². The lowest BCUT2D eigenvalue weighted by atomic mass is 9.66. The summed E-state index contributed by atoms with van der Waals surface area (Å²) < 4.78 is 6.70. The van der Waals surface area contributed by atoms with Gasteiger partial charge in [0, 0.05) is 22.7 Å². The largest absolute Gasteiger partial charge is 0.455 e. The van der Waals surface area contributed by atoms with E-state index in [1.54, 1.807) is 0 Å². The molecule has 2 aliphatic carbocycles. The van der Waals surface area contributed by atoms with E-state index in [9.17, 15) is 0 Å². The summed E-state index contributed by atoms with van der Waals surface area (Å²) in [5.74, 6) is 1.68. The van der Waals surface area contributed by atoms with Crippen LogP contribution in [-0.2, 0) is 10.8 Å². The molecule has 11 rings (SSSR count). The first-order valence-corrected chi connectivity index (χ1v) is 17.1. The molecule has 0 fully saturated rings. The Morgan fingerprint density at radius 3 is 1.90 bits per heavy atom. The smallest absolute Gasteiger partial charge is 0.150 e. The number of fused-ring (bicyclic) bond motifs is 16. The van der Waals surface area contributed by atoms with Crippen molar-refractivity contribution in [1.29, 1.82) is 0 Å². The van der Waals surface area contributed by atoms with Gasteiger partial charge >= 0.3 is 0 Å². The van der Waals surface area contributed by atoms with E-state index in [1.807, 2.05) is 12.4 Å². The van der Waals surface area contributed by atoms with Crippen molar-refractivity contribution >= 4 is 21.5 Å². The second kappa shape index (κ2) is 9.33. The van der Waals surface area contributed by atoms with Gasteiger partial charge in [-0.1, -0.05) is 129 Å². The maximum atomic E-state index is 6.70. The Hall–Kier alpha value is -5.99. The highest BCUT2D eigenvalue weighted by Crippen LogP contribution is 2.63. The number of benzene rings is 7. The van der Waals surface area contributed by atoms with Crippen molar-refractivity contribution in [2.24, 2.45) is 0 Å². The zero-order chi connectivity index (χ0) is 32.5. The first kappa shape index (κ1) is 27.0. The molecule has 230 valence electrons. The Bertz CT molecular complexity index is 2740. The van der Waals surface area contributed by atoms with Gasteiger partial charge in [0.25, 0.3) is 0 Å². The molecule has 2 heterocycles. The summed E-state index contributed by atoms with van der Waals surface area (Å²) in [4.78, 5) is 4.51. The molecule has 1 unspecified atom stereocenters. The van der Waals surface area contributed by atoms with Crippen LogP contribution in [-0.4, -0.2) is 4.98 Å². The summed E-state index contributed by atoms with van der Waals surface area (Å²) in [5, 5.41) is 5.14. The average molecular weight is 626 g/mol. The fourth-order valence-corrected chi connectivity index (χ4v) is 9.44. The van der Waals surface area contributed by atoms with Crippen molar-refractivity contribution in [2.75, 3.05) is 0 Å². The summed E-state index contributed by atoms with van der Waals surface area (Å²) in [6, 6.07) is 51.8. The van der Waals surface area contributed by atoms with Gasteiger partial charge in [-0.05, 0) is 101 Å². The van der Waals surface area contributed by atoms with Crippen molar-refractivity contribution in [3.05, 3.63) is 185 Å². The van der Waals surface area contributed by atoms with E-state index in [1.165, 1.54) is 82.7 Å². The minimum Gasteiger partial charge on any atom is -0.455 e. The van der Waals surface area contributed by atoms with Gasteiger partial charge in [-0.25, -0.2) is 0 Å². The zero-order valence-electron chi connectivity index (χ0n) is 27.3. The highest BCUT2D eigenvalue weighted by molar-refractivity contribution is 6.05. The number of rotatable bonds is 1. The molecular formula is C47H31NO. The highest BCUT2D eigenvalue weighted by atomic mass is 16.5. The van der Waals surface area contributed by atoms with Gasteiger partial charge in [-0.2, -0.15) is 0 Å².